The monoisotopic (exact) mass is 287 g/mol. The fraction of sp³-hybridized carbons (Fsp3) is 0.500. The van der Waals surface area contributed by atoms with Gasteiger partial charge < -0.3 is 5.73 Å². The highest BCUT2D eigenvalue weighted by atomic mass is 127. The minimum Gasteiger partial charge on any atom is -0.329 e. The van der Waals surface area contributed by atoms with E-state index in [1.54, 1.807) is 0 Å². The summed E-state index contributed by atoms with van der Waals surface area (Å²) in [7, 11) is 0. The van der Waals surface area contributed by atoms with Gasteiger partial charge >= 0.3 is 0 Å². The summed E-state index contributed by atoms with van der Waals surface area (Å²) in [6.07, 6.45) is 1.85. The van der Waals surface area contributed by atoms with Gasteiger partial charge in [0.15, 0.2) is 0 Å². The van der Waals surface area contributed by atoms with E-state index in [1.165, 1.54) is 9.26 Å². The van der Waals surface area contributed by atoms with Crippen LogP contribution in [-0.4, -0.2) is 16.3 Å². The largest absolute Gasteiger partial charge is 0.329 e. The molecule has 0 aliphatic heterocycles. The quantitative estimate of drug-likeness (QED) is 0.830. The van der Waals surface area contributed by atoms with Gasteiger partial charge in [0.1, 0.15) is 0 Å². The van der Waals surface area contributed by atoms with Gasteiger partial charge in [-0.25, -0.2) is 0 Å². The summed E-state index contributed by atoms with van der Waals surface area (Å²) < 4.78 is 3.12. The van der Waals surface area contributed by atoms with Crippen LogP contribution in [0.25, 0.3) is 0 Å². The van der Waals surface area contributed by atoms with Gasteiger partial charge in [-0.05, 0) is 29.5 Å². The van der Waals surface area contributed by atoms with Crippen molar-refractivity contribution in [3.8, 4) is 0 Å². The van der Waals surface area contributed by atoms with Gasteiger partial charge in [0.25, 0.3) is 0 Å². The molecule has 0 bridgehead atoms. The summed E-state index contributed by atoms with van der Waals surface area (Å²) in [5, 5.41) is 4.13. The Hall–Kier alpha value is 0.190. The van der Waals surface area contributed by atoms with Crippen molar-refractivity contribution >= 4 is 35.0 Å². The number of rotatable bonds is 2. The second-order valence-electron chi connectivity index (χ2n) is 2.09. The maximum atomic E-state index is 5.38. The molecular formula is C6H11ClIN3. The van der Waals surface area contributed by atoms with Crippen molar-refractivity contribution in [3.63, 3.8) is 0 Å². The van der Waals surface area contributed by atoms with Crippen LogP contribution in [0, 0.1) is 10.5 Å². The first-order valence-corrected chi connectivity index (χ1v) is 4.21. The summed E-state index contributed by atoms with van der Waals surface area (Å²) in [5.41, 5.74) is 6.58. The summed E-state index contributed by atoms with van der Waals surface area (Å²) in [6, 6.07) is 0. The van der Waals surface area contributed by atoms with Crippen molar-refractivity contribution in [1.82, 2.24) is 9.78 Å². The van der Waals surface area contributed by atoms with E-state index in [0.29, 0.717) is 6.54 Å². The molecule has 0 unspecified atom stereocenters. The molecule has 0 radical (unpaired) electrons. The number of aromatic nitrogens is 2. The van der Waals surface area contributed by atoms with E-state index in [0.717, 1.165) is 6.54 Å². The zero-order valence-electron chi connectivity index (χ0n) is 6.25. The average molecular weight is 288 g/mol. The molecule has 3 nitrogen and oxygen atoms in total. The van der Waals surface area contributed by atoms with Crippen LogP contribution in [0.1, 0.15) is 5.69 Å². The molecule has 5 heteroatoms. The molecule has 1 rings (SSSR count). The number of nitrogens with zero attached hydrogens (tertiary/aromatic N) is 2. The molecule has 0 saturated heterocycles. The molecule has 1 aromatic heterocycles. The standard InChI is InChI=1S/C6H10IN3.ClH/c1-5-6(7)4-9-10(5)3-2-8;/h4H,2-3,8H2,1H3;1H. The third-order valence-corrected chi connectivity index (χ3v) is 2.44. The van der Waals surface area contributed by atoms with Crippen molar-refractivity contribution in [1.29, 1.82) is 0 Å². The normalized spacial score (nSPS) is 9.36. The predicted molar refractivity (Wildman–Crippen MR) is 56.0 cm³/mol. The second-order valence-corrected chi connectivity index (χ2v) is 3.25. The zero-order valence-corrected chi connectivity index (χ0v) is 9.22. The Morgan fingerprint density at radius 1 is 1.73 bits per heavy atom. The lowest BCUT2D eigenvalue weighted by Crippen LogP contribution is -2.12. The highest BCUT2D eigenvalue weighted by molar-refractivity contribution is 14.1. The lowest BCUT2D eigenvalue weighted by Gasteiger charge is -1.99. The molecule has 2 N–H and O–H groups in total. The van der Waals surface area contributed by atoms with E-state index < -0.39 is 0 Å². The number of halogens is 2. The van der Waals surface area contributed by atoms with Gasteiger partial charge in [0, 0.05) is 12.2 Å². The van der Waals surface area contributed by atoms with E-state index in [2.05, 4.69) is 27.7 Å². The fourth-order valence-corrected chi connectivity index (χ4v) is 1.17. The van der Waals surface area contributed by atoms with Crippen LogP contribution in [0.3, 0.4) is 0 Å². The smallest absolute Gasteiger partial charge is 0.0626 e. The van der Waals surface area contributed by atoms with E-state index >= 15 is 0 Å². The van der Waals surface area contributed by atoms with E-state index in [-0.39, 0.29) is 12.4 Å². The molecule has 0 saturated carbocycles. The molecule has 1 aromatic rings. The van der Waals surface area contributed by atoms with Crippen LogP contribution in [-0.2, 0) is 6.54 Å². The molecule has 0 fully saturated rings. The molecule has 11 heavy (non-hydrogen) atoms. The van der Waals surface area contributed by atoms with Gasteiger partial charge in [-0.2, -0.15) is 5.10 Å². The first kappa shape index (κ1) is 11.2. The van der Waals surface area contributed by atoms with Gasteiger partial charge in [-0.15, -0.1) is 12.4 Å². The Bertz CT molecular complexity index is 224. The number of hydrogen-bond donors (Lipinski definition) is 1. The van der Waals surface area contributed by atoms with E-state index in [4.69, 9.17) is 5.73 Å². The highest BCUT2D eigenvalue weighted by Crippen LogP contribution is 2.08. The molecule has 0 spiro atoms. The summed E-state index contributed by atoms with van der Waals surface area (Å²) in [6.45, 7) is 3.51. The molecule has 0 aromatic carbocycles. The lowest BCUT2D eigenvalue weighted by atomic mass is 10.5. The first-order chi connectivity index (χ1) is 4.75. The minimum absolute atomic E-state index is 0. The molecule has 1 heterocycles. The van der Waals surface area contributed by atoms with Crippen molar-refractivity contribution in [2.75, 3.05) is 6.54 Å². The number of hydrogen-bond acceptors (Lipinski definition) is 2. The maximum absolute atomic E-state index is 5.38. The summed E-state index contributed by atoms with van der Waals surface area (Å²) in [4.78, 5) is 0. The van der Waals surface area contributed by atoms with Crippen molar-refractivity contribution in [3.05, 3.63) is 15.5 Å². The van der Waals surface area contributed by atoms with Crippen LogP contribution in [0.15, 0.2) is 6.20 Å². The Morgan fingerprint density at radius 2 is 2.36 bits per heavy atom. The third kappa shape index (κ3) is 2.61. The number of nitrogens with two attached hydrogens (primary N) is 1. The Morgan fingerprint density at radius 3 is 2.73 bits per heavy atom. The highest BCUT2D eigenvalue weighted by Gasteiger charge is 2.00. The Balaban J connectivity index is 0.000001000. The van der Waals surface area contributed by atoms with E-state index in [1.807, 2.05) is 17.8 Å². The molecular weight excluding hydrogens is 276 g/mol. The van der Waals surface area contributed by atoms with Gasteiger partial charge in [0.05, 0.1) is 16.3 Å². The van der Waals surface area contributed by atoms with Crippen LogP contribution < -0.4 is 5.73 Å². The molecule has 64 valence electrons. The zero-order chi connectivity index (χ0) is 7.56. The van der Waals surface area contributed by atoms with Gasteiger partial charge in [-0.3, -0.25) is 4.68 Å². The second kappa shape index (κ2) is 4.95. The maximum Gasteiger partial charge on any atom is 0.0626 e. The SMILES string of the molecule is Cc1c(I)cnn1CCN.Cl. The molecule has 0 aliphatic carbocycles. The molecule has 0 atom stereocenters. The van der Waals surface area contributed by atoms with Gasteiger partial charge in [-0.1, -0.05) is 0 Å². The van der Waals surface area contributed by atoms with Crippen LogP contribution in [0.4, 0.5) is 0 Å². The van der Waals surface area contributed by atoms with Gasteiger partial charge in [0.2, 0.25) is 0 Å². The fourth-order valence-electron chi connectivity index (χ4n) is 0.771. The first-order valence-electron chi connectivity index (χ1n) is 3.13. The van der Waals surface area contributed by atoms with Crippen molar-refractivity contribution in [2.24, 2.45) is 5.73 Å². The summed E-state index contributed by atoms with van der Waals surface area (Å²) >= 11 is 2.26. The predicted octanol–water partition coefficient (Wildman–Crippen LogP) is 1.18. The average Bonchev–Trinajstić information content (AvgIpc) is 2.20. The molecule has 0 amide bonds. The van der Waals surface area contributed by atoms with Crippen LogP contribution in [0.2, 0.25) is 0 Å². The van der Waals surface area contributed by atoms with Crippen LogP contribution in [0.5, 0.6) is 0 Å². The topological polar surface area (TPSA) is 43.8 Å². The Kier molecular flexibility index (Phi) is 5.03. The Labute approximate surface area is 85.9 Å². The van der Waals surface area contributed by atoms with Crippen molar-refractivity contribution < 1.29 is 0 Å². The third-order valence-electron chi connectivity index (χ3n) is 1.38. The van der Waals surface area contributed by atoms with E-state index in [9.17, 15) is 0 Å². The lowest BCUT2D eigenvalue weighted by molar-refractivity contribution is 0.607. The van der Waals surface area contributed by atoms with Crippen molar-refractivity contribution in [2.45, 2.75) is 13.5 Å². The molecule has 0 aliphatic rings. The minimum atomic E-state index is 0. The summed E-state index contributed by atoms with van der Waals surface area (Å²) in [5.74, 6) is 0. The van der Waals surface area contributed by atoms with Crippen LogP contribution >= 0.6 is 35.0 Å².